The van der Waals surface area contributed by atoms with Crippen LogP contribution in [0.5, 0.6) is 0 Å². The SMILES string of the molecule is Cc1cccc(CS[C@@H]2CCCC[C@H]2O)c1. The minimum atomic E-state index is -0.0800. The van der Waals surface area contributed by atoms with Gasteiger partial charge in [0.2, 0.25) is 0 Å². The monoisotopic (exact) mass is 236 g/mol. The Morgan fingerprint density at radius 3 is 2.88 bits per heavy atom. The Kier molecular flexibility index (Phi) is 4.30. The predicted molar refractivity (Wildman–Crippen MR) is 70.7 cm³/mol. The van der Waals surface area contributed by atoms with E-state index in [0.717, 1.165) is 12.2 Å². The normalized spacial score (nSPS) is 25.6. The minimum absolute atomic E-state index is 0.0800. The van der Waals surface area contributed by atoms with Crippen LogP contribution in [0.2, 0.25) is 0 Å². The summed E-state index contributed by atoms with van der Waals surface area (Å²) in [4.78, 5) is 0. The second-order valence-corrected chi connectivity index (χ2v) is 5.92. The van der Waals surface area contributed by atoms with E-state index < -0.39 is 0 Å². The van der Waals surface area contributed by atoms with Crippen molar-refractivity contribution in [1.82, 2.24) is 0 Å². The van der Waals surface area contributed by atoms with E-state index in [2.05, 4.69) is 31.2 Å². The van der Waals surface area contributed by atoms with E-state index >= 15 is 0 Å². The summed E-state index contributed by atoms with van der Waals surface area (Å²) in [5, 5.41) is 10.3. The molecule has 1 saturated carbocycles. The van der Waals surface area contributed by atoms with Crippen LogP contribution in [0.4, 0.5) is 0 Å². The summed E-state index contributed by atoms with van der Waals surface area (Å²) in [7, 11) is 0. The number of benzene rings is 1. The van der Waals surface area contributed by atoms with E-state index in [1.165, 1.54) is 30.4 Å². The van der Waals surface area contributed by atoms with Crippen molar-refractivity contribution in [3.8, 4) is 0 Å². The smallest absolute Gasteiger partial charge is 0.0658 e. The van der Waals surface area contributed by atoms with E-state index in [1.54, 1.807) is 0 Å². The molecule has 2 atom stereocenters. The zero-order chi connectivity index (χ0) is 11.4. The molecule has 1 fully saturated rings. The van der Waals surface area contributed by atoms with Crippen LogP contribution < -0.4 is 0 Å². The lowest BCUT2D eigenvalue weighted by Gasteiger charge is -2.27. The topological polar surface area (TPSA) is 20.2 Å². The molecule has 1 aliphatic carbocycles. The quantitative estimate of drug-likeness (QED) is 0.866. The molecule has 0 radical (unpaired) electrons. The number of hydrogen-bond donors (Lipinski definition) is 1. The number of aliphatic hydroxyl groups excluding tert-OH is 1. The second-order valence-electron chi connectivity index (χ2n) is 4.69. The number of aliphatic hydroxyl groups is 1. The molecule has 1 aromatic carbocycles. The second kappa shape index (κ2) is 5.74. The molecule has 0 amide bonds. The van der Waals surface area contributed by atoms with Crippen molar-refractivity contribution in [1.29, 1.82) is 0 Å². The number of thioether (sulfide) groups is 1. The molecule has 1 aliphatic rings. The van der Waals surface area contributed by atoms with Crippen molar-refractivity contribution in [2.24, 2.45) is 0 Å². The van der Waals surface area contributed by atoms with Gasteiger partial charge in [0.1, 0.15) is 0 Å². The van der Waals surface area contributed by atoms with Crippen molar-refractivity contribution < 1.29 is 5.11 Å². The van der Waals surface area contributed by atoms with Gasteiger partial charge in [0.15, 0.2) is 0 Å². The van der Waals surface area contributed by atoms with Gasteiger partial charge in [-0.3, -0.25) is 0 Å². The van der Waals surface area contributed by atoms with Gasteiger partial charge in [-0.2, -0.15) is 11.8 Å². The number of aryl methyl sites for hydroxylation is 1. The molecule has 0 heterocycles. The molecule has 88 valence electrons. The molecule has 0 aromatic heterocycles. The van der Waals surface area contributed by atoms with Crippen molar-refractivity contribution in [3.05, 3.63) is 35.4 Å². The van der Waals surface area contributed by atoms with Crippen LogP contribution in [0.15, 0.2) is 24.3 Å². The molecular weight excluding hydrogens is 216 g/mol. The summed E-state index contributed by atoms with van der Waals surface area (Å²) < 4.78 is 0. The summed E-state index contributed by atoms with van der Waals surface area (Å²) in [5.74, 6) is 1.03. The Labute approximate surface area is 102 Å². The lowest BCUT2D eigenvalue weighted by Crippen LogP contribution is -2.26. The highest BCUT2D eigenvalue weighted by atomic mass is 32.2. The standard InChI is InChI=1S/C14H20OS/c1-11-5-4-6-12(9-11)10-16-14-8-3-2-7-13(14)15/h4-6,9,13-15H,2-3,7-8,10H2,1H3/t13-,14-/m1/s1. The van der Waals surface area contributed by atoms with E-state index in [9.17, 15) is 5.11 Å². The van der Waals surface area contributed by atoms with E-state index in [-0.39, 0.29) is 6.10 Å². The third kappa shape index (κ3) is 3.26. The summed E-state index contributed by atoms with van der Waals surface area (Å²) in [5.41, 5.74) is 2.70. The highest BCUT2D eigenvalue weighted by Gasteiger charge is 2.22. The fraction of sp³-hybridized carbons (Fsp3) is 0.571. The number of rotatable bonds is 3. The summed E-state index contributed by atoms with van der Waals surface area (Å²) in [6, 6.07) is 8.66. The first-order valence-corrected chi connectivity index (χ1v) is 7.16. The third-order valence-corrected chi connectivity index (χ3v) is 4.69. The average molecular weight is 236 g/mol. The van der Waals surface area contributed by atoms with Crippen LogP contribution in [-0.4, -0.2) is 16.5 Å². The molecule has 0 unspecified atom stereocenters. The van der Waals surface area contributed by atoms with Crippen LogP contribution >= 0.6 is 11.8 Å². The highest BCUT2D eigenvalue weighted by Crippen LogP contribution is 2.30. The van der Waals surface area contributed by atoms with Crippen molar-refractivity contribution >= 4 is 11.8 Å². The van der Waals surface area contributed by atoms with Gasteiger partial charge in [0.25, 0.3) is 0 Å². The van der Waals surface area contributed by atoms with Gasteiger partial charge in [-0.15, -0.1) is 0 Å². The van der Waals surface area contributed by atoms with Crippen molar-refractivity contribution in [3.63, 3.8) is 0 Å². The first-order chi connectivity index (χ1) is 7.75. The Morgan fingerprint density at radius 2 is 2.12 bits per heavy atom. The largest absolute Gasteiger partial charge is 0.392 e. The molecule has 1 N–H and O–H groups in total. The molecule has 1 aromatic rings. The first kappa shape index (κ1) is 12.0. The Bertz CT molecular complexity index is 337. The van der Waals surface area contributed by atoms with Crippen LogP contribution in [0.1, 0.15) is 36.8 Å². The molecule has 2 rings (SSSR count). The fourth-order valence-electron chi connectivity index (χ4n) is 2.28. The summed E-state index contributed by atoms with van der Waals surface area (Å²) in [6.07, 6.45) is 4.57. The maximum absolute atomic E-state index is 9.88. The van der Waals surface area contributed by atoms with E-state index in [0.29, 0.717) is 5.25 Å². The molecule has 2 heteroatoms. The van der Waals surface area contributed by atoms with Gasteiger partial charge in [-0.1, -0.05) is 42.7 Å². The molecule has 0 aliphatic heterocycles. The maximum atomic E-state index is 9.88. The lowest BCUT2D eigenvalue weighted by atomic mass is 9.97. The Balaban J connectivity index is 1.86. The zero-order valence-electron chi connectivity index (χ0n) is 9.86. The van der Waals surface area contributed by atoms with Crippen LogP contribution in [0.25, 0.3) is 0 Å². The lowest BCUT2D eigenvalue weighted by molar-refractivity contribution is 0.137. The maximum Gasteiger partial charge on any atom is 0.0658 e. The average Bonchev–Trinajstić information content (AvgIpc) is 2.28. The van der Waals surface area contributed by atoms with Crippen LogP contribution in [-0.2, 0) is 5.75 Å². The van der Waals surface area contributed by atoms with Gasteiger partial charge in [-0.25, -0.2) is 0 Å². The van der Waals surface area contributed by atoms with Gasteiger partial charge >= 0.3 is 0 Å². The summed E-state index contributed by atoms with van der Waals surface area (Å²) >= 11 is 1.92. The Hall–Kier alpha value is -0.470. The molecule has 0 bridgehead atoms. The summed E-state index contributed by atoms with van der Waals surface area (Å²) in [6.45, 7) is 2.13. The van der Waals surface area contributed by atoms with Gasteiger partial charge in [0, 0.05) is 11.0 Å². The fourth-order valence-corrected chi connectivity index (χ4v) is 3.55. The van der Waals surface area contributed by atoms with Crippen molar-refractivity contribution in [2.45, 2.75) is 49.7 Å². The van der Waals surface area contributed by atoms with Crippen molar-refractivity contribution in [2.75, 3.05) is 0 Å². The molecule has 0 spiro atoms. The van der Waals surface area contributed by atoms with Gasteiger partial charge in [0.05, 0.1) is 6.10 Å². The molecule has 1 nitrogen and oxygen atoms in total. The molecular formula is C14H20OS. The molecule has 0 saturated heterocycles. The van der Waals surface area contributed by atoms with Gasteiger partial charge in [-0.05, 0) is 25.3 Å². The molecule has 16 heavy (non-hydrogen) atoms. The third-order valence-electron chi connectivity index (χ3n) is 3.21. The van der Waals surface area contributed by atoms with E-state index in [1.807, 2.05) is 11.8 Å². The minimum Gasteiger partial charge on any atom is -0.392 e. The highest BCUT2D eigenvalue weighted by molar-refractivity contribution is 7.99. The van der Waals surface area contributed by atoms with Gasteiger partial charge < -0.3 is 5.11 Å². The van der Waals surface area contributed by atoms with Crippen LogP contribution in [0, 0.1) is 6.92 Å². The number of hydrogen-bond acceptors (Lipinski definition) is 2. The van der Waals surface area contributed by atoms with E-state index in [4.69, 9.17) is 0 Å². The Morgan fingerprint density at radius 1 is 1.31 bits per heavy atom. The van der Waals surface area contributed by atoms with Crippen LogP contribution in [0.3, 0.4) is 0 Å². The zero-order valence-corrected chi connectivity index (χ0v) is 10.7. The first-order valence-electron chi connectivity index (χ1n) is 6.11. The predicted octanol–water partition coefficient (Wildman–Crippen LogP) is 3.53.